The highest BCUT2D eigenvalue weighted by atomic mass is 16.3. The fourth-order valence-electron chi connectivity index (χ4n) is 1.64. The maximum Gasteiger partial charge on any atom is 0.166 e. The van der Waals surface area contributed by atoms with Gasteiger partial charge in [0, 0.05) is 6.42 Å². The van der Waals surface area contributed by atoms with Crippen molar-refractivity contribution in [2.45, 2.75) is 19.8 Å². The average molecular weight is 214 g/mol. The molecule has 0 amide bonds. The molecular formula is C14H14O2. The number of carbonyl (C=O) groups excluding carboxylic acids is 1. The van der Waals surface area contributed by atoms with Gasteiger partial charge in [-0.15, -0.1) is 0 Å². The molecule has 1 heterocycles. The first kappa shape index (κ1) is 10.7. The first-order valence-electron chi connectivity index (χ1n) is 5.38. The largest absolute Gasteiger partial charge is 0.469 e. The summed E-state index contributed by atoms with van der Waals surface area (Å²) in [7, 11) is 0. The number of carbonyl (C=O) groups is 1. The molecule has 1 aromatic carbocycles. The Kier molecular flexibility index (Phi) is 3.20. The Bertz CT molecular complexity index is 468. The summed E-state index contributed by atoms with van der Waals surface area (Å²) in [5.41, 5.74) is 1.87. The number of hydrogen-bond acceptors (Lipinski definition) is 2. The van der Waals surface area contributed by atoms with E-state index in [1.54, 1.807) is 6.07 Å². The molecule has 2 heteroatoms. The molecule has 2 nitrogen and oxygen atoms in total. The van der Waals surface area contributed by atoms with Gasteiger partial charge in [-0.3, -0.25) is 4.79 Å². The third-order valence-electron chi connectivity index (χ3n) is 2.54. The maximum absolute atomic E-state index is 11.8. The standard InChI is InChI=1S/C14H14O2/c1-11-9-13(10-16-11)14(15)8-7-12-5-3-2-4-6-12/h2-6,9-10H,7-8H2,1H3. The summed E-state index contributed by atoms with van der Waals surface area (Å²) in [5.74, 6) is 0.920. The van der Waals surface area contributed by atoms with Gasteiger partial charge < -0.3 is 4.42 Å². The molecular weight excluding hydrogens is 200 g/mol. The quantitative estimate of drug-likeness (QED) is 0.730. The molecule has 1 aromatic heterocycles. The number of aryl methyl sites for hydroxylation is 2. The van der Waals surface area contributed by atoms with E-state index < -0.39 is 0 Å². The Morgan fingerprint density at radius 1 is 1.25 bits per heavy atom. The summed E-state index contributed by atoms with van der Waals surface area (Å²) >= 11 is 0. The average Bonchev–Trinajstić information content (AvgIpc) is 2.74. The monoisotopic (exact) mass is 214 g/mol. The van der Waals surface area contributed by atoms with E-state index in [1.165, 1.54) is 11.8 Å². The lowest BCUT2D eigenvalue weighted by Crippen LogP contribution is -1.99. The van der Waals surface area contributed by atoms with Gasteiger partial charge in [-0.1, -0.05) is 30.3 Å². The minimum absolute atomic E-state index is 0.140. The van der Waals surface area contributed by atoms with Crippen molar-refractivity contribution in [2.75, 3.05) is 0 Å². The molecule has 0 atom stereocenters. The molecule has 16 heavy (non-hydrogen) atoms. The van der Waals surface area contributed by atoms with Crippen LogP contribution < -0.4 is 0 Å². The SMILES string of the molecule is Cc1cc(C(=O)CCc2ccccc2)co1. The van der Waals surface area contributed by atoms with E-state index in [0.717, 1.165) is 12.2 Å². The number of Topliss-reactive ketones (excluding diaryl/α,β-unsaturated/α-hetero) is 1. The molecule has 82 valence electrons. The summed E-state index contributed by atoms with van der Waals surface area (Å²) < 4.78 is 5.12. The minimum atomic E-state index is 0.140. The summed E-state index contributed by atoms with van der Waals surface area (Å²) in [5, 5.41) is 0. The first-order valence-corrected chi connectivity index (χ1v) is 5.38. The van der Waals surface area contributed by atoms with Crippen LogP contribution in [0.5, 0.6) is 0 Å². The Morgan fingerprint density at radius 2 is 2.00 bits per heavy atom. The molecule has 0 saturated heterocycles. The van der Waals surface area contributed by atoms with Gasteiger partial charge in [0.2, 0.25) is 0 Å². The lowest BCUT2D eigenvalue weighted by molar-refractivity contribution is 0.0982. The van der Waals surface area contributed by atoms with Crippen LogP contribution in [0.3, 0.4) is 0 Å². The van der Waals surface area contributed by atoms with Crippen LogP contribution >= 0.6 is 0 Å². The van der Waals surface area contributed by atoms with Crippen molar-refractivity contribution in [1.82, 2.24) is 0 Å². The summed E-state index contributed by atoms with van der Waals surface area (Å²) in [6.45, 7) is 1.84. The topological polar surface area (TPSA) is 30.2 Å². The summed E-state index contributed by atoms with van der Waals surface area (Å²) in [6.07, 6.45) is 2.84. The third-order valence-corrected chi connectivity index (χ3v) is 2.54. The number of rotatable bonds is 4. The van der Waals surface area contributed by atoms with Crippen molar-refractivity contribution in [1.29, 1.82) is 0 Å². The number of hydrogen-bond donors (Lipinski definition) is 0. The molecule has 0 fully saturated rings. The lowest BCUT2D eigenvalue weighted by Gasteiger charge is -1.98. The van der Waals surface area contributed by atoms with Gasteiger partial charge in [0.15, 0.2) is 5.78 Å². The first-order chi connectivity index (χ1) is 7.75. The fraction of sp³-hybridized carbons (Fsp3) is 0.214. The van der Waals surface area contributed by atoms with Gasteiger partial charge in [0.25, 0.3) is 0 Å². The minimum Gasteiger partial charge on any atom is -0.469 e. The zero-order valence-electron chi connectivity index (χ0n) is 9.27. The van der Waals surface area contributed by atoms with Crippen LogP contribution in [0.1, 0.15) is 28.1 Å². The van der Waals surface area contributed by atoms with Crippen molar-refractivity contribution in [3.8, 4) is 0 Å². The maximum atomic E-state index is 11.8. The van der Waals surface area contributed by atoms with E-state index in [1.807, 2.05) is 37.3 Å². The number of benzene rings is 1. The van der Waals surface area contributed by atoms with E-state index >= 15 is 0 Å². The second-order valence-electron chi connectivity index (χ2n) is 3.85. The molecule has 0 radical (unpaired) electrons. The number of furan rings is 1. The molecule has 0 bridgehead atoms. The van der Waals surface area contributed by atoms with Gasteiger partial charge in [-0.25, -0.2) is 0 Å². The third kappa shape index (κ3) is 2.60. The second-order valence-corrected chi connectivity index (χ2v) is 3.85. The molecule has 0 spiro atoms. The van der Waals surface area contributed by atoms with Crippen molar-refractivity contribution in [2.24, 2.45) is 0 Å². The van der Waals surface area contributed by atoms with Crippen LogP contribution in [0.2, 0.25) is 0 Å². The van der Waals surface area contributed by atoms with Crippen LogP contribution in [0.25, 0.3) is 0 Å². The predicted molar refractivity (Wildman–Crippen MR) is 62.5 cm³/mol. The highest BCUT2D eigenvalue weighted by Crippen LogP contribution is 2.11. The fourth-order valence-corrected chi connectivity index (χ4v) is 1.64. The van der Waals surface area contributed by atoms with Gasteiger partial charge in [-0.2, -0.15) is 0 Å². The van der Waals surface area contributed by atoms with Gasteiger partial charge in [0.05, 0.1) is 5.56 Å². The smallest absolute Gasteiger partial charge is 0.166 e. The molecule has 2 rings (SSSR count). The lowest BCUT2D eigenvalue weighted by atomic mass is 10.0. The molecule has 0 aliphatic rings. The zero-order chi connectivity index (χ0) is 11.4. The molecule has 2 aromatic rings. The molecule has 0 aliphatic heterocycles. The van der Waals surface area contributed by atoms with E-state index in [9.17, 15) is 4.79 Å². The summed E-state index contributed by atoms with van der Waals surface area (Å²) in [4.78, 5) is 11.8. The van der Waals surface area contributed by atoms with E-state index in [0.29, 0.717) is 12.0 Å². The van der Waals surface area contributed by atoms with Crippen molar-refractivity contribution < 1.29 is 9.21 Å². The Balaban J connectivity index is 1.94. The molecule has 0 N–H and O–H groups in total. The normalized spacial score (nSPS) is 10.3. The van der Waals surface area contributed by atoms with Crippen LogP contribution in [-0.2, 0) is 6.42 Å². The Hall–Kier alpha value is -1.83. The van der Waals surface area contributed by atoms with Crippen LogP contribution in [0.4, 0.5) is 0 Å². The number of ketones is 1. The van der Waals surface area contributed by atoms with Crippen LogP contribution in [-0.4, -0.2) is 5.78 Å². The van der Waals surface area contributed by atoms with Crippen molar-refractivity contribution >= 4 is 5.78 Å². The Morgan fingerprint density at radius 3 is 2.62 bits per heavy atom. The molecule has 0 unspecified atom stereocenters. The Labute approximate surface area is 94.9 Å². The van der Waals surface area contributed by atoms with Gasteiger partial charge >= 0.3 is 0 Å². The molecule has 0 aliphatic carbocycles. The van der Waals surface area contributed by atoms with Crippen molar-refractivity contribution in [3.63, 3.8) is 0 Å². The van der Waals surface area contributed by atoms with Gasteiger partial charge in [0.1, 0.15) is 12.0 Å². The van der Waals surface area contributed by atoms with Crippen LogP contribution in [0.15, 0.2) is 47.1 Å². The van der Waals surface area contributed by atoms with Crippen LogP contribution in [0, 0.1) is 6.92 Å². The summed E-state index contributed by atoms with van der Waals surface area (Å²) in [6, 6.07) is 11.8. The zero-order valence-corrected chi connectivity index (χ0v) is 9.27. The highest BCUT2D eigenvalue weighted by molar-refractivity contribution is 5.95. The van der Waals surface area contributed by atoms with E-state index in [2.05, 4.69) is 0 Å². The highest BCUT2D eigenvalue weighted by Gasteiger charge is 2.08. The van der Waals surface area contributed by atoms with E-state index in [-0.39, 0.29) is 5.78 Å². The second kappa shape index (κ2) is 4.79. The predicted octanol–water partition coefficient (Wildman–Crippen LogP) is 3.40. The van der Waals surface area contributed by atoms with Crippen molar-refractivity contribution in [3.05, 3.63) is 59.5 Å². The molecule has 0 saturated carbocycles. The van der Waals surface area contributed by atoms with E-state index in [4.69, 9.17) is 4.42 Å². The van der Waals surface area contributed by atoms with Gasteiger partial charge in [-0.05, 0) is 25.0 Å².